The molecule has 0 saturated heterocycles. The predicted octanol–water partition coefficient (Wildman–Crippen LogP) is 2.85. The topological polar surface area (TPSA) is 43.4 Å². The second-order valence-electron chi connectivity index (χ2n) is 4.68. The molecule has 0 atom stereocenters. The Balaban J connectivity index is 2.00. The van der Waals surface area contributed by atoms with Gasteiger partial charge in [0.25, 0.3) is 0 Å². The normalized spacial score (nSPS) is 11.2. The van der Waals surface area contributed by atoms with Gasteiger partial charge in [0.1, 0.15) is 5.75 Å². The Morgan fingerprint density at radius 2 is 1.65 bits per heavy atom. The van der Waals surface area contributed by atoms with Crippen molar-refractivity contribution in [1.82, 2.24) is 0 Å². The fourth-order valence-electron chi connectivity index (χ4n) is 2.01. The lowest BCUT2D eigenvalue weighted by atomic mass is 10.2. The number of ether oxygens (including phenoxy) is 1. The van der Waals surface area contributed by atoms with E-state index in [1.165, 1.54) is 0 Å². The number of benzene rings is 2. The molecule has 2 aromatic carbocycles. The highest BCUT2D eigenvalue weighted by Gasteiger charge is 2.12. The minimum Gasteiger partial charge on any atom is -0.497 e. The van der Waals surface area contributed by atoms with Crippen LogP contribution in [0.4, 0.5) is 0 Å². The molecule has 2 aromatic rings. The lowest BCUT2D eigenvalue weighted by molar-refractivity contribution is 0.414. The van der Waals surface area contributed by atoms with Crippen molar-refractivity contribution in [2.75, 3.05) is 12.9 Å². The van der Waals surface area contributed by atoms with Crippen molar-refractivity contribution in [2.45, 2.75) is 12.2 Å². The van der Waals surface area contributed by atoms with E-state index in [0.29, 0.717) is 12.2 Å². The molecular formula is C16H18O3S. The van der Waals surface area contributed by atoms with Crippen LogP contribution in [0.3, 0.4) is 0 Å². The van der Waals surface area contributed by atoms with Gasteiger partial charge in [-0.1, -0.05) is 42.5 Å². The average Bonchev–Trinajstić information content (AvgIpc) is 2.46. The van der Waals surface area contributed by atoms with Crippen molar-refractivity contribution >= 4 is 9.84 Å². The van der Waals surface area contributed by atoms with Gasteiger partial charge in [-0.2, -0.15) is 0 Å². The van der Waals surface area contributed by atoms with E-state index in [1.54, 1.807) is 25.3 Å². The Labute approximate surface area is 120 Å². The van der Waals surface area contributed by atoms with Crippen molar-refractivity contribution < 1.29 is 13.2 Å². The maximum absolute atomic E-state index is 12.1. The Hall–Kier alpha value is -1.81. The summed E-state index contributed by atoms with van der Waals surface area (Å²) < 4.78 is 29.4. The molecule has 0 aliphatic rings. The van der Waals surface area contributed by atoms with Gasteiger partial charge in [-0.3, -0.25) is 0 Å². The summed E-state index contributed by atoms with van der Waals surface area (Å²) in [5, 5.41) is 0. The maximum Gasteiger partial charge on any atom is 0.154 e. The second-order valence-corrected chi connectivity index (χ2v) is 6.86. The van der Waals surface area contributed by atoms with Gasteiger partial charge >= 0.3 is 0 Å². The molecule has 3 nitrogen and oxygen atoms in total. The summed E-state index contributed by atoms with van der Waals surface area (Å²) in [7, 11) is -1.54. The van der Waals surface area contributed by atoms with Gasteiger partial charge in [0, 0.05) is 0 Å². The first-order chi connectivity index (χ1) is 9.59. The molecule has 4 heteroatoms. The molecule has 0 aliphatic heterocycles. The van der Waals surface area contributed by atoms with Crippen molar-refractivity contribution in [3.05, 3.63) is 65.7 Å². The molecule has 0 heterocycles. The Morgan fingerprint density at radius 1 is 0.950 bits per heavy atom. The van der Waals surface area contributed by atoms with Crippen LogP contribution in [0.5, 0.6) is 5.75 Å². The van der Waals surface area contributed by atoms with Gasteiger partial charge in [-0.05, 0) is 29.7 Å². The minimum atomic E-state index is -3.11. The van der Waals surface area contributed by atoms with Crippen molar-refractivity contribution in [2.24, 2.45) is 0 Å². The molecule has 0 aliphatic carbocycles. The lowest BCUT2D eigenvalue weighted by Gasteiger charge is -2.06. The van der Waals surface area contributed by atoms with Crippen LogP contribution in [0, 0.1) is 0 Å². The van der Waals surface area contributed by atoms with Crippen LogP contribution in [-0.2, 0) is 22.0 Å². The third-order valence-corrected chi connectivity index (χ3v) is 4.66. The van der Waals surface area contributed by atoms with Gasteiger partial charge in [0.2, 0.25) is 0 Å². The third-order valence-electron chi connectivity index (χ3n) is 3.07. The summed E-state index contributed by atoms with van der Waals surface area (Å²) in [6.07, 6.45) is 0.549. The fourth-order valence-corrected chi connectivity index (χ4v) is 3.38. The first-order valence-electron chi connectivity index (χ1n) is 6.46. The van der Waals surface area contributed by atoms with Crippen molar-refractivity contribution in [3.63, 3.8) is 0 Å². The van der Waals surface area contributed by atoms with Gasteiger partial charge in [-0.15, -0.1) is 0 Å². The molecule has 0 aromatic heterocycles. The predicted molar refractivity (Wildman–Crippen MR) is 80.6 cm³/mol. The van der Waals surface area contributed by atoms with E-state index in [4.69, 9.17) is 4.74 Å². The first-order valence-corrected chi connectivity index (χ1v) is 8.28. The van der Waals surface area contributed by atoms with Crippen molar-refractivity contribution in [3.8, 4) is 5.75 Å². The zero-order chi connectivity index (χ0) is 14.4. The molecule has 20 heavy (non-hydrogen) atoms. The van der Waals surface area contributed by atoms with E-state index in [9.17, 15) is 8.42 Å². The first kappa shape index (κ1) is 14.6. The van der Waals surface area contributed by atoms with Crippen LogP contribution < -0.4 is 4.74 Å². The quantitative estimate of drug-likeness (QED) is 0.821. The van der Waals surface area contributed by atoms with Crippen LogP contribution in [0.25, 0.3) is 0 Å². The van der Waals surface area contributed by atoms with E-state index in [2.05, 4.69) is 0 Å². The van der Waals surface area contributed by atoms with Crippen LogP contribution in [0.2, 0.25) is 0 Å². The van der Waals surface area contributed by atoms with Gasteiger partial charge in [0.05, 0.1) is 18.6 Å². The molecule has 2 rings (SSSR count). The Bertz CT molecular complexity index is 648. The van der Waals surface area contributed by atoms with Crippen molar-refractivity contribution in [1.29, 1.82) is 0 Å². The second kappa shape index (κ2) is 6.57. The molecule has 0 fully saturated rings. The zero-order valence-corrected chi connectivity index (χ0v) is 12.3. The molecule has 0 N–H and O–H groups in total. The molecule has 0 radical (unpaired) electrons. The van der Waals surface area contributed by atoms with E-state index < -0.39 is 9.84 Å². The Kier molecular flexibility index (Phi) is 4.79. The van der Waals surface area contributed by atoms with E-state index in [0.717, 1.165) is 11.1 Å². The van der Waals surface area contributed by atoms with Gasteiger partial charge in [0.15, 0.2) is 9.84 Å². The van der Waals surface area contributed by atoms with Crippen LogP contribution >= 0.6 is 0 Å². The van der Waals surface area contributed by atoms with Gasteiger partial charge in [-0.25, -0.2) is 8.42 Å². The number of hydrogen-bond acceptors (Lipinski definition) is 3. The number of aryl methyl sites for hydroxylation is 1. The highest BCUT2D eigenvalue weighted by atomic mass is 32.2. The molecule has 0 bridgehead atoms. The Morgan fingerprint density at radius 3 is 2.35 bits per heavy atom. The number of sulfone groups is 1. The molecule has 0 saturated carbocycles. The number of methoxy groups -OCH3 is 1. The summed E-state index contributed by atoms with van der Waals surface area (Å²) in [5.74, 6) is 0.895. The SMILES string of the molecule is COc1cccc(CS(=O)(=O)CCc2ccccc2)c1. The van der Waals surface area contributed by atoms with E-state index in [1.807, 2.05) is 36.4 Å². The fraction of sp³-hybridized carbons (Fsp3) is 0.250. The summed E-state index contributed by atoms with van der Waals surface area (Å²) in [4.78, 5) is 0. The molecule has 106 valence electrons. The largest absolute Gasteiger partial charge is 0.497 e. The summed E-state index contributed by atoms with van der Waals surface area (Å²) in [6.45, 7) is 0. The van der Waals surface area contributed by atoms with Crippen LogP contribution in [-0.4, -0.2) is 21.3 Å². The van der Waals surface area contributed by atoms with Crippen LogP contribution in [0.15, 0.2) is 54.6 Å². The standard InChI is InChI=1S/C16H18O3S/c1-19-16-9-5-8-15(12-16)13-20(17,18)11-10-14-6-3-2-4-7-14/h2-9,12H,10-11,13H2,1H3. The molecule has 0 spiro atoms. The number of hydrogen-bond donors (Lipinski definition) is 0. The highest BCUT2D eigenvalue weighted by Crippen LogP contribution is 2.15. The minimum absolute atomic E-state index is 0.0526. The maximum atomic E-state index is 12.1. The highest BCUT2D eigenvalue weighted by molar-refractivity contribution is 7.90. The molecular weight excluding hydrogens is 272 g/mol. The zero-order valence-electron chi connectivity index (χ0n) is 11.5. The van der Waals surface area contributed by atoms with E-state index >= 15 is 0 Å². The summed E-state index contributed by atoms with van der Waals surface area (Å²) in [6, 6.07) is 16.8. The average molecular weight is 290 g/mol. The van der Waals surface area contributed by atoms with Crippen LogP contribution in [0.1, 0.15) is 11.1 Å². The summed E-state index contributed by atoms with van der Waals surface area (Å²) in [5.41, 5.74) is 1.80. The lowest BCUT2D eigenvalue weighted by Crippen LogP contribution is -2.11. The molecule has 0 unspecified atom stereocenters. The monoisotopic (exact) mass is 290 g/mol. The third kappa shape index (κ3) is 4.38. The number of rotatable bonds is 6. The molecule has 0 amide bonds. The summed E-state index contributed by atoms with van der Waals surface area (Å²) >= 11 is 0. The van der Waals surface area contributed by atoms with Gasteiger partial charge < -0.3 is 4.74 Å². The van der Waals surface area contributed by atoms with E-state index in [-0.39, 0.29) is 11.5 Å². The smallest absolute Gasteiger partial charge is 0.154 e.